The number of fused-ring (bicyclic) bond motifs is 1. The number of aryl methyl sites for hydroxylation is 2. The van der Waals surface area contributed by atoms with Crippen LogP contribution in [0, 0.1) is 0 Å². The molecule has 0 saturated heterocycles. The van der Waals surface area contributed by atoms with E-state index in [1.54, 1.807) is 0 Å². The zero-order valence-electron chi connectivity index (χ0n) is 9.88. The standard InChI is InChI=1S/C12H10BrClN4O/c13-8-1-2-10-9(5-8)16-12(6-14)18(10)4-3-11-15-7-19-17-11/h1-2,5,7H,3-4,6H2. The van der Waals surface area contributed by atoms with E-state index in [9.17, 15) is 0 Å². The third-order valence-electron chi connectivity index (χ3n) is 2.87. The average Bonchev–Trinajstić information content (AvgIpc) is 3.02. The van der Waals surface area contributed by atoms with E-state index in [1.807, 2.05) is 18.2 Å². The molecule has 5 nitrogen and oxygen atoms in total. The molecule has 3 rings (SSSR count). The number of benzene rings is 1. The fourth-order valence-electron chi connectivity index (χ4n) is 2.02. The van der Waals surface area contributed by atoms with Crippen LogP contribution in [0.1, 0.15) is 11.6 Å². The van der Waals surface area contributed by atoms with Crippen LogP contribution < -0.4 is 0 Å². The molecule has 0 spiro atoms. The molecule has 0 saturated carbocycles. The van der Waals surface area contributed by atoms with Gasteiger partial charge in [0.1, 0.15) is 5.82 Å². The lowest BCUT2D eigenvalue weighted by Crippen LogP contribution is -2.05. The largest absolute Gasteiger partial charge is 0.343 e. The fraction of sp³-hybridized carbons (Fsp3) is 0.250. The van der Waals surface area contributed by atoms with Gasteiger partial charge in [0.05, 0.1) is 16.9 Å². The Morgan fingerprint density at radius 1 is 1.37 bits per heavy atom. The van der Waals surface area contributed by atoms with Gasteiger partial charge in [-0.3, -0.25) is 0 Å². The summed E-state index contributed by atoms with van der Waals surface area (Å²) in [6.45, 7) is 0.722. The molecule has 0 fully saturated rings. The Labute approximate surface area is 122 Å². The summed E-state index contributed by atoms with van der Waals surface area (Å²) >= 11 is 9.40. The number of alkyl halides is 1. The van der Waals surface area contributed by atoms with Crippen molar-refractivity contribution in [3.63, 3.8) is 0 Å². The number of aromatic nitrogens is 4. The van der Waals surface area contributed by atoms with Crippen molar-refractivity contribution in [2.75, 3.05) is 0 Å². The van der Waals surface area contributed by atoms with Gasteiger partial charge in [-0.25, -0.2) is 4.98 Å². The van der Waals surface area contributed by atoms with E-state index in [-0.39, 0.29) is 0 Å². The van der Waals surface area contributed by atoms with Crippen molar-refractivity contribution in [1.82, 2.24) is 19.7 Å². The lowest BCUT2D eigenvalue weighted by molar-refractivity contribution is 0.408. The zero-order valence-corrected chi connectivity index (χ0v) is 12.2. The summed E-state index contributed by atoms with van der Waals surface area (Å²) in [5.41, 5.74) is 1.99. The predicted molar refractivity (Wildman–Crippen MR) is 75.0 cm³/mol. The van der Waals surface area contributed by atoms with E-state index in [0.717, 1.165) is 27.9 Å². The average molecular weight is 342 g/mol. The molecule has 98 valence electrons. The van der Waals surface area contributed by atoms with Crippen molar-refractivity contribution < 1.29 is 4.52 Å². The van der Waals surface area contributed by atoms with Gasteiger partial charge in [0.25, 0.3) is 0 Å². The highest BCUT2D eigenvalue weighted by Gasteiger charge is 2.11. The Morgan fingerprint density at radius 3 is 3.00 bits per heavy atom. The topological polar surface area (TPSA) is 56.7 Å². The molecule has 2 aromatic heterocycles. The van der Waals surface area contributed by atoms with Gasteiger partial charge < -0.3 is 9.09 Å². The Kier molecular flexibility index (Phi) is 3.52. The molecule has 19 heavy (non-hydrogen) atoms. The van der Waals surface area contributed by atoms with Crippen LogP contribution in [0.5, 0.6) is 0 Å². The minimum absolute atomic E-state index is 0.374. The van der Waals surface area contributed by atoms with Crippen LogP contribution in [-0.4, -0.2) is 19.7 Å². The summed E-state index contributed by atoms with van der Waals surface area (Å²) < 4.78 is 7.82. The summed E-state index contributed by atoms with van der Waals surface area (Å²) in [7, 11) is 0. The van der Waals surface area contributed by atoms with Gasteiger partial charge in [0.2, 0.25) is 6.39 Å². The molecule has 0 amide bonds. The SMILES string of the molecule is ClCc1nc2cc(Br)ccc2n1CCc1ncon1. The predicted octanol–water partition coefficient (Wildman–Crippen LogP) is 3.16. The summed E-state index contributed by atoms with van der Waals surface area (Å²) in [6.07, 6.45) is 2.02. The van der Waals surface area contributed by atoms with Crippen LogP contribution in [0.2, 0.25) is 0 Å². The van der Waals surface area contributed by atoms with Crippen molar-refractivity contribution in [2.45, 2.75) is 18.8 Å². The second-order valence-electron chi connectivity index (χ2n) is 4.04. The molecule has 0 radical (unpaired) electrons. The van der Waals surface area contributed by atoms with E-state index >= 15 is 0 Å². The Balaban J connectivity index is 1.96. The smallest absolute Gasteiger partial charge is 0.213 e. The molecule has 7 heteroatoms. The van der Waals surface area contributed by atoms with Crippen LogP contribution >= 0.6 is 27.5 Å². The second-order valence-corrected chi connectivity index (χ2v) is 5.23. The lowest BCUT2D eigenvalue weighted by atomic mass is 10.3. The van der Waals surface area contributed by atoms with Crippen LogP contribution in [0.3, 0.4) is 0 Å². The molecule has 3 aromatic rings. The quantitative estimate of drug-likeness (QED) is 0.684. The number of hydrogen-bond donors (Lipinski definition) is 0. The van der Waals surface area contributed by atoms with E-state index in [0.29, 0.717) is 18.1 Å². The van der Waals surface area contributed by atoms with Gasteiger partial charge >= 0.3 is 0 Å². The minimum atomic E-state index is 0.374. The summed E-state index contributed by atoms with van der Waals surface area (Å²) in [5, 5.41) is 3.81. The first-order valence-corrected chi connectivity index (χ1v) is 7.06. The van der Waals surface area contributed by atoms with Crippen molar-refractivity contribution >= 4 is 38.6 Å². The molecule has 2 heterocycles. The first-order chi connectivity index (χ1) is 9.28. The van der Waals surface area contributed by atoms with E-state index in [1.165, 1.54) is 6.39 Å². The first-order valence-electron chi connectivity index (χ1n) is 5.74. The van der Waals surface area contributed by atoms with Crippen LogP contribution in [0.15, 0.2) is 33.6 Å². The molecule has 0 unspecified atom stereocenters. The van der Waals surface area contributed by atoms with Crippen molar-refractivity contribution in [3.05, 3.63) is 40.7 Å². The molecule has 1 aromatic carbocycles. The maximum atomic E-state index is 5.96. The monoisotopic (exact) mass is 340 g/mol. The van der Waals surface area contributed by atoms with Crippen molar-refractivity contribution in [3.8, 4) is 0 Å². The van der Waals surface area contributed by atoms with Gasteiger partial charge in [0, 0.05) is 17.4 Å². The number of halogens is 2. The molecular weight excluding hydrogens is 332 g/mol. The highest BCUT2D eigenvalue weighted by molar-refractivity contribution is 9.10. The molecule has 0 atom stereocenters. The lowest BCUT2D eigenvalue weighted by Gasteiger charge is -2.05. The fourth-order valence-corrected chi connectivity index (χ4v) is 2.57. The Bertz CT molecular complexity index is 695. The Morgan fingerprint density at radius 2 is 2.26 bits per heavy atom. The molecule has 0 aliphatic rings. The van der Waals surface area contributed by atoms with Gasteiger partial charge in [-0.2, -0.15) is 4.98 Å². The van der Waals surface area contributed by atoms with Crippen molar-refractivity contribution in [2.24, 2.45) is 0 Å². The summed E-state index contributed by atoms with van der Waals surface area (Å²) in [5.74, 6) is 1.90. The van der Waals surface area contributed by atoms with Gasteiger partial charge in [-0.05, 0) is 18.2 Å². The van der Waals surface area contributed by atoms with E-state index in [4.69, 9.17) is 16.1 Å². The zero-order chi connectivity index (χ0) is 13.2. The van der Waals surface area contributed by atoms with Gasteiger partial charge in [-0.15, -0.1) is 11.6 Å². The third kappa shape index (κ3) is 2.50. The highest BCUT2D eigenvalue weighted by atomic mass is 79.9. The maximum Gasteiger partial charge on any atom is 0.213 e. The maximum absolute atomic E-state index is 5.96. The number of hydrogen-bond acceptors (Lipinski definition) is 4. The first kappa shape index (κ1) is 12.6. The summed E-state index contributed by atoms with van der Waals surface area (Å²) in [6, 6.07) is 6.00. The molecular formula is C12H10BrClN4O. The Hall–Kier alpha value is -1.40. The third-order valence-corrected chi connectivity index (χ3v) is 3.61. The molecule has 0 bridgehead atoms. The van der Waals surface area contributed by atoms with Crippen molar-refractivity contribution in [1.29, 1.82) is 0 Å². The van der Waals surface area contributed by atoms with Gasteiger partial charge in [0.15, 0.2) is 5.82 Å². The second kappa shape index (κ2) is 5.30. The number of imidazole rings is 1. The molecule has 0 N–H and O–H groups in total. The number of rotatable bonds is 4. The van der Waals surface area contributed by atoms with E-state index < -0.39 is 0 Å². The van der Waals surface area contributed by atoms with Gasteiger partial charge in [-0.1, -0.05) is 21.1 Å². The number of nitrogens with zero attached hydrogens (tertiary/aromatic N) is 4. The highest BCUT2D eigenvalue weighted by Crippen LogP contribution is 2.22. The minimum Gasteiger partial charge on any atom is -0.343 e. The van der Waals surface area contributed by atoms with Crippen LogP contribution in [0.25, 0.3) is 11.0 Å². The molecule has 0 aliphatic heterocycles. The van der Waals surface area contributed by atoms with E-state index in [2.05, 4.69) is 35.6 Å². The van der Waals surface area contributed by atoms with Crippen LogP contribution in [0.4, 0.5) is 0 Å². The molecule has 0 aliphatic carbocycles. The van der Waals surface area contributed by atoms with Crippen LogP contribution in [-0.2, 0) is 18.8 Å². The normalized spacial score (nSPS) is 11.3. The summed E-state index contributed by atoms with van der Waals surface area (Å²) in [4.78, 5) is 8.54.